The standard InChI is InChI=1S/C20H25N3O3.C14H10N2O3/c1-12(2)23(13(3)4)19(24)15-9-10-22-11-17(15)14-7-6-8-16(18(14)21)20(25)26-5;1-19-14(18)10-4-2-3-8-11-7-15-6-5-9(11)13(17)16-12(8)10/h6-13H,21H2,1-5H3;2-7H,1H3,(H,16,17). The Morgan fingerprint density at radius 2 is 1.33 bits per heavy atom. The summed E-state index contributed by atoms with van der Waals surface area (Å²) in [5.41, 5.74) is 8.96. The van der Waals surface area contributed by atoms with Gasteiger partial charge in [0.15, 0.2) is 0 Å². The lowest BCUT2D eigenvalue weighted by atomic mass is 9.96. The topological polar surface area (TPSA) is 158 Å². The van der Waals surface area contributed by atoms with Crippen LogP contribution in [0.4, 0.5) is 5.69 Å². The van der Waals surface area contributed by atoms with Crippen molar-refractivity contribution < 1.29 is 23.9 Å². The number of rotatable bonds is 6. The summed E-state index contributed by atoms with van der Waals surface area (Å²) in [5, 5.41) is 2.03. The second-order valence-corrected chi connectivity index (χ2v) is 10.7. The van der Waals surface area contributed by atoms with E-state index < -0.39 is 11.9 Å². The highest BCUT2D eigenvalue weighted by Crippen LogP contribution is 2.32. The minimum atomic E-state index is -0.521. The van der Waals surface area contributed by atoms with Gasteiger partial charge in [0.25, 0.3) is 11.5 Å². The summed E-state index contributed by atoms with van der Waals surface area (Å²) in [4.78, 5) is 61.6. The van der Waals surface area contributed by atoms with Gasteiger partial charge in [-0.25, -0.2) is 9.59 Å². The number of nitrogens with one attached hydrogen (secondary N) is 1. The van der Waals surface area contributed by atoms with Crippen LogP contribution in [-0.2, 0) is 9.47 Å². The minimum Gasteiger partial charge on any atom is -0.465 e. The summed E-state index contributed by atoms with van der Waals surface area (Å²) in [6, 6.07) is 13.7. The number of aromatic amines is 1. The number of hydrogen-bond donors (Lipinski definition) is 2. The molecule has 0 saturated heterocycles. The van der Waals surface area contributed by atoms with E-state index in [1.165, 1.54) is 14.2 Å². The monoisotopic (exact) mass is 609 g/mol. The van der Waals surface area contributed by atoms with Gasteiger partial charge < -0.3 is 25.1 Å². The number of methoxy groups -OCH3 is 2. The zero-order valence-corrected chi connectivity index (χ0v) is 26.0. The first kappa shape index (κ1) is 32.3. The number of H-pyrrole nitrogens is 1. The number of amides is 1. The second-order valence-electron chi connectivity index (χ2n) is 10.7. The third-order valence-corrected chi connectivity index (χ3v) is 7.26. The molecule has 3 heterocycles. The maximum atomic E-state index is 13.2. The average molecular weight is 610 g/mol. The molecule has 0 aliphatic rings. The van der Waals surface area contributed by atoms with E-state index in [0.717, 1.165) is 5.39 Å². The van der Waals surface area contributed by atoms with Crippen molar-refractivity contribution in [3.8, 4) is 11.1 Å². The number of hydrogen-bond acceptors (Lipinski definition) is 9. The largest absolute Gasteiger partial charge is 0.465 e. The summed E-state index contributed by atoms with van der Waals surface area (Å²) in [7, 11) is 2.61. The lowest BCUT2D eigenvalue weighted by molar-refractivity contribution is 0.0593. The van der Waals surface area contributed by atoms with E-state index in [2.05, 4.69) is 15.0 Å². The van der Waals surface area contributed by atoms with Crippen LogP contribution in [0.2, 0.25) is 0 Å². The number of nitrogens with zero attached hydrogens (tertiary/aromatic N) is 3. The fraction of sp³-hybridized carbons (Fsp3) is 0.235. The lowest BCUT2D eigenvalue weighted by Crippen LogP contribution is -2.42. The van der Waals surface area contributed by atoms with Crippen molar-refractivity contribution in [2.45, 2.75) is 39.8 Å². The van der Waals surface area contributed by atoms with Crippen LogP contribution >= 0.6 is 0 Å². The molecule has 5 rings (SSSR count). The van der Waals surface area contributed by atoms with Crippen LogP contribution in [0.15, 0.2) is 78.1 Å². The summed E-state index contributed by atoms with van der Waals surface area (Å²) in [5.74, 6) is -1.10. The number of nitrogens with two attached hydrogens (primary N) is 1. The molecule has 0 fully saturated rings. The van der Waals surface area contributed by atoms with E-state index >= 15 is 0 Å². The SMILES string of the molecule is COC(=O)c1cccc(-c2cnccc2C(=O)N(C(C)C)C(C)C)c1N.COC(=O)c1cccc2c1[nH]c(=O)c1ccncc12. The maximum Gasteiger partial charge on any atom is 0.339 e. The summed E-state index contributed by atoms with van der Waals surface area (Å²) in [6.07, 6.45) is 6.36. The number of anilines is 1. The molecule has 5 aromatic rings. The van der Waals surface area contributed by atoms with E-state index in [4.69, 9.17) is 15.2 Å². The first-order chi connectivity index (χ1) is 21.5. The highest BCUT2D eigenvalue weighted by atomic mass is 16.5. The average Bonchev–Trinajstić information content (AvgIpc) is 3.04. The van der Waals surface area contributed by atoms with Gasteiger partial charge in [0.1, 0.15) is 0 Å². The maximum absolute atomic E-state index is 13.2. The number of ether oxygens (including phenoxy) is 2. The molecule has 0 spiro atoms. The van der Waals surface area contributed by atoms with Gasteiger partial charge in [0, 0.05) is 58.8 Å². The van der Waals surface area contributed by atoms with Crippen LogP contribution in [0, 0.1) is 0 Å². The number of fused-ring (bicyclic) bond motifs is 3. The van der Waals surface area contributed by atoms with Gasteiger partial charge in [-0.2, -0.15) is 0 Å². The van der Waals surface area contributed by atoms with Crippen molar-refractivity contribution in [3.05, 3.63) is 100 Å². The fourth-order valence-electron chi connectivity index (χ4n) is 5.27. The Morgan fingerprint density at radius 3 is 2.00 bits per heavy atom. The third kappa shape index (κ3) is 6.52. The first-order valence-electron chi connectivity index (χ1n) is 14.2. The quantitative estimate of drug-likeness (QED) is 0.149. The molecule has 0 aliphatic heterocycles. The van der Waals surface area contributed by atoms with Gasteiger partial charge >= 0.3 is 11.9 Å². The molecule has 0 aliphatic carbocycles. The van der Waals surface area contributed by atoms with E-state index in [0.29, 0.717) is 38.5 Å². The zero-order valence-electron chi connectivity index (χ0n) is 26.0. The van der Waals surface area contributed by atoms with Crippen LogP contribution in [0.5, 0.6) is 0 Å². The molecular formula is C34H35N5O6. The minimum absolute atomic E-state index is 0.0438. The second kappa shape index (κ2) is 13.8. The number of carbonyl (C=O) groups is 3. The van der Waals surface area contributed by atoms with Crippen LogP contribution in [-0.4, -0.2) is 64.0 Å². The van der Waals surface area contributed by atoms with Crippen molar-refractivity contribution in [3.63, 3.8) is 0 Å². The Hall–Kier alpha value is -5.58. The lowest BCUT2D eigenvalue weighted by Gasteiger charge is -2.31. The number of esters is 2. The van der Waals surface area contributed by atoms with Crippen LogP contribution in [0.1, 0.15) is 58.8 Å². The van der Waals surface area contributed by atoms with E-state index in [1.807, 2.05) is 33.8 Å². The molecule has 3 N–H and O–H groups in total. The number of aromatic nitrogens is 3. The molecule has 11 heteroatoms. The van der Waals surface area contributed by atoms with Crippen LogP contribution < -0.4 is 11.3 Å². The van der Waals surface area contributed by atoms with E-state index in [-0.39, 0.29) is 34.8 Å². The normalized spacial score (nSPS) is 10.8. The number of carbonyl (C=O) groups excluding carboxylic acids is 3. The van der Waals surface area contributed by atoms with E-state index in [9.17, 15) is 19.2 Å². The predicted octanol–water partition coefficient (Wildman–Crippen LogP) is 5.24. The molecule has 0 unspecified atom stereocenters. The molecule has 0 atom stereocenters. The third-order valence-electron chi connectivity index (χ3n) is 7.26. The van der Waals surface area contributed by atoms with Gasteiger partial charge in [0.2, 0.25) is 0 Å². The summed E-state index contributed by atoms with van der Waals surface area (Å²) in [6.45, 7) is 7.91. The molecule has 0 bridgehead atoms. The zero-order chi connectivity index (χ0) is 32.8. The Morgan fingerprint density at radius 1 is 0.733 bits per heavy atom. The molecule has 1 amide bonds. The van der Waals surface area contributed by atoms with Crippen molar-refractivity contribution in [1.29, 1.82) is 0 Å². The number of nitrogen functional groups attached to an aromatic ring is 1. The Labute approximate surface area is 260 Å². The highest BCUT2D eigenvalue weighted by Gasteiger charge is 2.25. The molecule has 232 valence electrons. The Balaban J connectivity index is 0.000000214. The van der Waals surface area contributed by atoms with Gasteiger partial charge in [-0.1, -0.05) is 24.3 Å². The van der Waals surface area contributed by atoms with Gasteiger partial charge in [-0.05, 0) is 52.0 Å². The van der Waals surface area contributed by atoms with Crippen LogP contribution in [0.3, 0.4) is 0 Å². The number of para-hydroxylation sites is 2. The molecular weight excluding hydrogens is 574 g/mol. The van der Waals surface area contributed by atoms with Crippen molar-refractivity contribution in [1.82, 2.24) is 19.9 Å². The first-order valence-corrected chi connectivity index (χ1v) is 14.2. The number of benzene rings is 2. The summed E-state index contributed by atoms with van der Waals surface area (Å²) < 4.78 is 9.50. The molecule has 0 saturated carbocycles. The molecule has 11 nitrogen and oxygen atoms in total. The van der Waals surface area contributed by atoms with Crippen molar-refractivity contribution in [2.75, 3.05) is 20.0 Å². The van der Waals surface area contributed by atoms with Crippen molar-refractivity contribution in [2.24, 2.45) is 0 Å². The van der Waals surface area contributed by atoms with E-state index in [1.54, 1.807) is 72.2 Å². The predicted molar refractivity (Wildman–Crippen MR) is 173 cm³/mol. The van der Waals surface area contributed by atoms with Crippen LogP contribution in [0.25, 0.3) is 32.8 Å². The summed E-state index contributed by atoms with van der Waals surface area (Å²) >= 11 is 0. The Kier molecular flexibility index (Phi) is 9.92. The van der Waals surface area contributed by atoms with Crippen molar-refractivity contribution >= 4 is 45.2 Å². The fourth-order valence-corrected chi connectivity index (χ4v) is 5.27. The number of pyridine rings is 3. The smallest absolute Gasteiger partial charge is 0.339 e. The van der Waals surface area contributed by atoms with Gasteiger partial charge in [0.05, 0.1) is 47.5 Å². The molecule has 3 aromatic heterocycles. The highest BCUT2D eigenvalue weighted by molar-refractivity contribution is 6.11. The molecule has 2 aromatic carbocycles. The van der Waals surface area contributed by atoms with Gasteiger partial charge in [-0.15, -0.1) is 0 Å². The molecule has 0 radical (unpaired) electrons. The van der Waals surface area contributed by atoms with Gasteiger partial charge in [-0.3, -0.25) is 19.6 Å². The molecule has 45 heavy (non-hydrogen) atoms. The Bertz CT molecular complexity index is 1940.